The predicted molar refractivity (Wildman–Crippen MR) is 126 cm³/mol. The molecule has 1 atom stereocenters. The van der Waals surface area contributed by atoms with Crippen LogP contribution in [0.25, 0.3) is 0 Å². The molecule has 1 radical (unpaired) electrons. The SMILES string of the molecule is CCCCCCCCc1noc(CCc2ccc(CC([NH])c3ccc(C(F)(F)F)cc3)cc2)n1. The van der Waals surface area contributed by atoms with Crippen molar-refractivity contribution in [2.45, 2.75) is 83.4 Å². The van der Waals surface area contributed by atoms with Crippen molar-refractivity contribution in [3.8, 4) is 0 Å². The van der Waals surface area contributed by atoms with E-state index in [-0.39, 0.29) is 0 Å². The summed E-state index contributed by atoms with van der Waals surface area (Å²) in [7, 11) is 0. The maximum atomic E-state index is 12.7. The zero-order valence-corrected chi connectivity index (χ0v) is 19.7. The number of rotatable bonds is 13. The average molecular weight is 473 g/mol. The minimum Gasteiger partial charge on any atom is -0.339 e. The van der Waals surface area contributed by atoms with Gasteiger partial charge in [-0.15, -0.1) is 0 Å². The summed E-state index contributed by atoms with van der Waals surface area (Å²) in [5.74, 6) is 1.43. The molecule has 0 saturated heterocycles. The third-order valence-electron chi connectivity index (χ3n) is 5.99. The lowest BCUT2D eigenvalue weighted by atomic mass is 9.97. The maximum absolute atomic E-state index is 12.7. The van der Waals surface area contributed by atoms with Crippen LogP contribution in [0.1, 0.15) is 85.5 Å². The van der Waals surface area contributed by atoms with Crippen LogP contribution in [0.3, 0.4) is 0 Å². The number of halogens is 3. The van der Waals surface area contributed by atoms with Crippen LogP contribution in [0, 0.1) is 0 Å². The van der Waals surface area contributed by atoms with Crippen LogP contribution in [0.15, 0.2) is 53.1 Å². The predicted octanol–water partition coefficient (Wildman–Crippen LogP) is 7.34. The van der Waals surface area contributed by atoms with Gasteiger partial charge in [-0.05, 0) is 48.1 Å². The minimum atomic E-state index is -4.36. The van der Waals surface area contributed by atoms with Gasteiger partial charge in [-0.2, -0.15) is 18.2 Å². The Morgan fingerprint density at radius 2 is 1.47 bits per heavy atom. The van der Waals surface area contributed by atoms with Crippen LogP contribution in [0.4, 0.5) is 13.2 Å². The molecular weight excluding hydrogens is 439 g/mol. The number of nitrogens with one attached hydrogen (secondary N) is 1. The Hall–Kier alpha value is -2.67. The number of nitrogens with zero attached hydrogens (tertiary/aromatic N) is 2. The topological polar surface area (TPSA) is 62.7 Å². The molecule has 1 unspecified atom stereocenters. The summed E-state index contributed by atoms with van der Waals surface area (Å²) in [6.45, 7) is 2.22. The number of aryl methyl sites for hydroxylation is 3. The van der Waals surface area contributed by atoms with Gasteiger partial charge < -0.3 is 4.52 Å². The van der Waals surface area contributed by atoms with Gasteiger partial charge >= 0.3 is 6.18 Å². The summed E-state index contributed by atoms with van der Waals surface area (Å²) in [4.78, 5) is 4.50. The number of alkyl halides is 3. The van der Waals surface area contributed by atoms with Gasteiger partial charge in [0.05, 0.1) is 11.6 Å². The second-order valence-electron chi connectivity index (χ2n) is 8.82. The second kappa shape index (κ2) is 12.7. The van der Waals surface area contributed by atoms with Gasteiger partial charge in [0.1, 0.15) is 0 Å². The van der Waals surface area contributed by atoms with Gasteiger partial charge in [-0.1, -0.05) is 80.6 Å². The Morgan fingerprint density at radius 1 is 0.824 bits per heavy atom. The van der Waals surface area contributed by atoms with Gasteiger partial charge in [0.25, 0.3) is 0 Å². The molecule has 3 rings (SSSR count). The van der Waals surface area contributed by atoms with E-state index in [2.05, 4.69) is 17.1 Å². The first kappa shape index (κ1) is 25.9. The van der Waals surface area contributed by atoms with Crippen LogP contribution < -0.4 is 5.73 Å². The van der Waals surface area contributed by atoms with E-state index in [1.54, 1.807) is 0 Å². The number of unbranched alkanes of at least 4 members (excludes halogenated alkanes) is 5. The summed E-state index contributed by atoms with van der Waals surface area (Å²) < 4.78 is 43.5. The molecule has 4 nitrogen and oxygen atoms in total. The highest BCUT2D eigenvalue weighted by atomic mass is 19.4. The molecule has 0 bridgehead atoms. The molecule has 2 aromatic carbocycles. The Balaban J connectivity index is 1.42. The van der Waals surface area contributed by atoms with E-state index in [0.717, 1.165) is 48.3 Å². The van der Waals surface area contributed by atoms with Crippen LogP contribution in [-0.2, 0) is 31.9 Å². The lowest BCUT2D eigenvalue weighted by Gasteiger charge is -2.13. The van der Waals surface area contributed by atoms with E-state index in [0.29, 0.717) is 24.3 Å². The molecule has 0 aliphatic heterocycles. The van der Waals surface area contributed by atoms with Gasteiger partial charge in [0.15, 0.2) is 5.82 Å². The van der Waals surface area contributed by atoms with Crippen molar-refractivity contribution in [1.82, 2.24) is 15.9 Å². The van der Waals surface area contributed by atoms with Crippen LogP contribution in [-0.4, -0.2) is 10.1 Å². The Labute approximate surface area is 199 Å². The molecule has 0 aliphatic carbocycles. The Kier molecular flexibility index (Phi) is 9.69. The number of hydrogen-bond acceptors (Lipinski definition) is 3. The van der Waals surface area contributed by atoms with E-state index in [4.69, 9.17) is 10.3 Å². The summed E-state index contributed by atoms with van der Waals surface area (Å²) in [5.41, 5.74) is 10.3. The van der Waals surface area contributed by atoms with Crippen molar-refractivity contribution in [2.24, 2.45) is 0 Å². The standard InChI is InChI=1S/C27H33F3N3O/c1-2-3-4-5-6-7-8-25-32-26(34-33-25)18-13-20-9-11-21(12-10-20)19-24(31)22-14-16-23(17-15-22)27(28,29)30/h9-12,14-17,24,31H,2-8,13,18-19H2,1H3. The van der Waals surface area contributed by atoms with Gasteiger partial charge in [0.2, 0.25) is 5.89 Å². The zero-order chi connectivity index (χ0) is 24.4. The van der Waals surface area contributed by atoms with Crippen molar-refractivity contribution in [1.29, 1.82) is 0 Å². The third-order valence-corrected chi connectivity index (χ3v) is 5.99. The highest BCUT2D eigenvalue weighted by Crippen LogP contribution is 2.30. The molecule has 1 aromatic heterocycles. The number of benzene rings is 2. The fraction of sp³-hybridized carbons (Fsp3) is 0.481. The summed E-state index contributed by atoms with van der Waals surface area (Å²) in [6.07, 6.45) is 5.81. The van der Waals surface area contributed by atoms with Crippen molar-refractivity contribution >= 4 is 0 Å². The first-order valence-corrected chi connectivity index (χ1v) is 12.1. The van der Waals surface area contributed by atoms with Crippen molar-refractivity contribution in [3.63, 3.8) is 0 Å². The lowest BCUT2D eigenvalue weighted by molar-refractivity contribution is -0.137. The highest BCUT2D eigenvalue weighted by Gasteiger charge is 2.30. The quantitative estimate of drug-likeness (QED) is 0.244. The molecule has 1 N–H and O–H groups in total. The zero-order valence-electron chi connectivity index (χ0n) is 19.7. The van der Waals surface area contributed by atoms with Crippen LogP contribution in [0.2, 0.25) is 0 Å². The molecule has 3 aromatic rings. The van der Waals surface area contributed by atoms with Crippen molar-refractivity contribution in [2.75, 3.05) is 0 Å². The van der Waals surface area contributed by atoms with Gasteiger partial charge in [-0.25, -0.2) is 5.73 Å². The Bertz CT molecular complexity index is 982. The maximum Gasteiger partial charge on any atom is 0.416 e. The van der Waals surface area contributed by atoms with Crippen molar-refractivity contribution < 1.29 is 17.7 Å². The molecule has 34 heavy (non-hydrogen) atoms. The first-order chi connectivity index (χ1) is 16.3. The molecule has 0 spiro atoms. The first-order valence-electron chi connectivity index (χ1n) is 12.1. The largest absolute Gasteiger partial charge is 0.416 e. The van der Waals surface area contributed by atoms with Crippen LogP contribution in [0.5, 0.6) is 0 Å². The molecule has 0 aliphatic rings. The third kappa shape index (κ3) is 8.28. The number of hydrogen-bond donors (Lipinski definition) is 0. The highest BCUT2D eigenvalue weighted by molar-refractivity contribution is 5.29. The van der Waals surface area contributed by atoms with Crippen molar-refractivity contribution in [3.05, 3.63) is 82.5 Å². The number of aromatic nitrogens is 2. The molecule has 7 heteroatoms. The van der Waals surface area contributed by atoms with E-state index in [1.807, 2.05) is 24.3 Å². The van der Waals surface area contributed by atoms with Crippen LogP contribution >= 0.6 is 0 Å². The summed E-state index contributed by atoms with van der Waals surface area (Å²) in [5, 5.41) is 4.09. The van der Waals surface area contributed by atoms with E-state index >= 15 is 0 Å². The molecule has 183 valence electrons. The van der Waals surface area contributed by atoms with Gasteiger partial charge in [-0.3, -0.25) is 0 Å². The van der Waals surface area contributed by atoms with E-state index < -0.39 is 17.8 Å². The molecule has 1 heterocycles. The normalized spacial score (nSPS) is 12.7. The monoisotopic (exact) mass is 472 g/mol. The van der Waals surface area contributed by atoms with E-state index in [1.165, 1.54) is 44.2 Å². The average Bonchev–Trinajstić information content (AvgIpc) is 3.28. The molecule has 0 amide bonds. The molecule has 0 saturated carbocycles. The minimum absolute atomic E-state index is 0.442. The summed E-state index contributed by atoms with van der Waals surface area (Å²) in [6, 6.07) is 12.2. The smallest absolute Gasteiger partial charge is 0.339 e. The van der Waals surface area contributed by atoms with E-state index in [9.17, 15) is 13.2 Å². The fourth-order valence-corrected chi connectivity index (χ4v) is 3.91. The molecular formula is C27H33F3N3O. The fourth-order valence-electron chi connectivity index (χ4n) is 3.91. The second-order valence-corrected chi connectivity index (χ2v) is 8.82. The lowest BCUT2D eigenvalue weighted by Crippen LogP contribution is -2.07. The Morgan fingerprint density at radius 3 is 2.15 bits per heavy atom. The van der Waals surface area contributed by atoms with Gasteiger partial charge in [0, 0.05) is 12.8 Å². The molecule has 0 fully saturated rings. The summed E-state index contributed by atoms with van der Waals surface area (Å²) >= 11 is 0.